The first kappa shape index (κ1) is 12.3. The summed E-state index contributed by atoms with van der Waals surface area (Å²) in [6.07, 6.45) is 3.82. The van der Waals surface area contributed by atoms with Crippen molar-refractivity contribution in [3.63, 3.8) is 0 Å². The van der Waals surface area contributed by atoms with Crippen molar-refractivity contribution in [1.29, 1.82) is 0 Å². The van der Waals surface area contributed by atoms with Crippen LogP contribution in [0.1, 0.15) is 25.7 Å². The van der Waals surface area contributed by atoms with E-state index in [4.69, 9.17) is 0 Å². The van der Waals surface area contributed by atoms with Gasteiger partial charge in [0.25, 0.3) is 0 Å². The molecule has 1 fully saturated rings. The van der Waals surface area contributed by atoms with Crippen LogP contribution in [0.4, 0.5) is 11.6 Å². The summed E-state index contributed by atoms with van der Waals surface area (Å²) in [5.74, 6) is -1.18. The van der Waals surface area contributed by atoms with Crippen LogP contribution in [0.5, 0.6) is 0 Å². The highest BCUT2D eigenvalue weighted by Gasteiger charge is 2.43. The summed E-state index contributed by atoms with van der Waals surface area (Å²) < 4.78 is 1.43. The maximum absolute atomic E-state index is 11.4. The summed E-state index contributed by atoms with van der Waals surface area (Å²) in [7, 11) is 1.59. The summed E-state index contributed by atoms with van der Waals surface area (Å²) in [5, 5.41) is 23.0. The first-order chi connectivity index (χ1) is 8.46. The molecule has 98 valence electrons. The van der Waals surface area contributed by atoms with E-state index in [9.17, 15) is 20.0 Å². The summed E-state index contributed by atoms with van der Waals surface area (Å²) in [6, 6.07) is 0. The lowest BCUT2D eigenvalue weighted by Crippen LogP contribution is -2.44. The molecule has 0 amide bonds. The maximum Gasteiger partial charge on any atom is 0.406 e. The van der Waals surface area contributed by atoms with Crippen LogP contribution in [-0.2, 0) is 11.8 Å². The average molecular weight is 254 g/mol. The molecular weight excluding hydrogens is 240 g/mol. The second-order valence-corrected chi connectivity index (χ2v) is 4.50. The van der Waals surface area contributed by atoms with Crippen molar-refractivity contribution in [2.45, 2.75) is 31.2 Å². The third-order valence-corrected chi connectivity index (χ3v) is 3.31. The first-order valence-electron chi connectivity index (χ1n) is 5.63. The third kappa shape index (κ3) is 1.89. The molecule has 0 aromatic carbocycles. The number of anilines is 1. The van der Waals surface area contributed by atoms with E-state index in [1.807, 2.05) is 0 Å². The number of carboxylic acid groups (broad SMARTS) is 1. The Balaban J connectivity index is 2.35. The molecule has 0 bridgehead atoms. The molecule has 1 aliphatic carbocycles. The van der Waals surface area contributed by atoms with Gasteiger partial charge >= 0.3 is 11.8 Å². The third-order valence-electron chi connectivity index (χ3n) is 3.31. The molecule has 8 heteroatoms. The van der Waals surface area contributed by atoms with Crippen molar-refractivity contribution >= 4 is 17.6 Å². The highest BCUT2D eigenvalue weighted by atomic mass is 16.6. The van der Waals surface area contributed by atoms with Gasteiger partial charge in [-0.05, 0) is 22.7 Å². The Kier molecular flexibility index (Phi) is 2.93. The molecule has 1 aliphatic rings. The van der Waals surface area contributed by atoms with Crippen LogP contribution < -0.4 is 5.32 Å². The van der Waals surface area contributed by atoms with Crippen LogP contribution in [0.25, 0.3) is 0 Å². The molecule has 0 unspecified atom stereocenters. The van der Waals surface area contributed by atoms with Crippen LogP contribution in [0, 0.1) is 10.1 Å². The van der Waals surface area contributed by atoms with Crippen molar-refractivity contribution in [1.82, 2.24) is 9.55 Å². The number of aliphatic carboxylic acids is 1. The van der Waals surface area contributed by atoms with Crippen molar-refractivity contribution in [2.24, 2.45) is 7.05 Å². The van der Waals surface area contributed by atoms with Crippen molar-refractivity contribution in [3.05, 3.63) is 16.4 Å². The fraction of sp³-hybridized carbons (Fsp3) is 0.600. The topological polar surface area (TPSA) is 110 Å². The predicted molar refractivity (Wildman–Crippen MR) is 62.3 cm³/mol. The van der Waals surface area contributed by atoms with Crippen LogP contribution >= 0.6 is 0 Å². The van der Waals surface area contributed by atoms with Gasteiger partial charge in [-0.25, -0.2) is 4.79 Å². The van der Waals surface area contributed by atoms with Gasteiger partial charge < -0.3 is 20.5 Å². The van der Waals surface area contributed by atoms with Crippen LogP contribution in [0.3, 0.4) is 0 Å². The minimum atomic E-state index is -1.11. The van der Waals surface area contributed by atoms with Crippen molar-refractivity contribution in [3.8, 4) is 0 Å². The molecule has 1 aromatic heterocycles. The van der Waals surface area contributed by atoms with E-state index in [1.165, 1.54) is 10.9 Å². The van der Waals surface area contributed by atoms with E-state index < -0.39 is 16.4 Å². The van der Waals surface area contributed by atoms with E-state index in [1.54, 1.807) is 7.05 Å². The Labute approximate surface area is 103 Å². The highest BCUT2D eigenvalue weighted by molar-refractivity contribution is 5.83. The molecule has 1 saturated carbocycles. The molecule has 18 heavy (non-hydrogen) atoms. The van der Waals surface area contributed by atoms with Gasteiger partial charge in [-0.3, -0.25) is 4.57 Å². The maximum atomic E-state index is 11.4. The number of aromatic nitrogens is 2. The lowest BCUT2D eigenvalue weighted by atomic mass is 9.98. The fourth-order valence-electron chi connectivity index (χ4n) is 2.29. The summed E-state index contributed by atoms with van der Waals surface area (Å²) >= 11 is 0. The average Bonchev–Trinajstić information content (AvgIpc) is 2.88. The number of nitrogens with one attached hydrogen (secondary N) is 1. The smallest absolute Gasteiger partial charge is 0.406 e. The van der Waals surface area contributed by atoms with Crippen molar-refractivity contribution in [2.75, 3.05) is 5.32 Å². The molecule has 8 nitrogen and oxygen atoms in total. The van der Waals surface area contributed by atoms with Gasteiger partial charge in [0.1, 0.15) is 5.54 Å². The summed E-state index contributed by atoms with van der Waals surface area (Å²) in [6.45, 7) is 0. The molecule has 0 spiro atoms. The Morgan fingerprint density at radius 2 is 2.22 bits per heavy atom. The zero-order valence-electron chi connectivity index (χ0n) is 9.92. The Morgan fingerprint density at radius 3 is 2.72 bits per heavy atom. The molecule has 0 saturated heterocycles. The number of rotatable bonds is 4. The molecule has 2 rings (SSSR count). The van der Waals surface area contributed by atoms with Crippen LogP contribution in [0.2, 0.25) is 0 Å². The zero-order chi connectivity index (χ0) is 13.3. The van der Waals surface area contributed by atoms with Gasteiger partial charge in [0.15, 0.2) is 0 Å². The first-order valence-corrected chi connectivity index (χ1v) is 5.63. The predicted octanol–water partition coefficient (Wildman–Crippen LogP) is 1.14. The highest BCUT2D eigenvalue weighted by Crippen LogP contribution is 2.35. The normalized spacial score (nSPS) is 17.6. The Hall–Kier alpha value is -2.12. The van der Waals surface area contributed by atoms with Gasteiger partial charge in [-0.2, -0.15) is 0 Å². The van der Waals surface area contributed by atoms with E-state index in [2.05, 4.69) is 10.3 Å². The number of nitro groups is 1. The number of hydrogen-bond acceptors (Lipinski definition) is 5. The van der Waals surface area contributed by atoms with Gasteiger partial charge in [-0.15, -0.1) is 0 Å². The zero-order valence-corrected chi connectivity index (χ0v) is 9.92. The lowest BCUT2D eigenvalue weighted by Gasteiger charge is -2.25. The standard InChI is InChI=1S/C10H14N4O4/c1-13-6-11-7(14(17)18)8(13)12-10(9(15)16)4-2-3-5-10/h6,12H,2-5H2,1H3,(H,15,16). The molecule has 0 atom stereocenters. The Bertz CT molecular complexity index is 490. The number of nitrogens with zero attached hydrogens (tertiary/aromatic N) is 3. The van der Waals surface area contributed by atoms with Gasteiger partial charge in [0, 0.05) is 7.05 Å². The van der Waals surface area contributed by atoms with Crippen molar-refractivity contribution < 1.29 is 14.8 Å². The molecule has 1 aromatic rings. The molecular formula is C10H14N4O4. The number of hydrogen-bond donors (Lipinski definition) is 2. The van der Waals surface area contributed by atoms with E-state index in [0.717, 1.165) is 12.8 Å². The largest absolute Gasteiger partial charge is 0.480 e. The summed E-state index contributed by atoms with van der Waals surface area (Å²) in [5.41, 5.74) is -1.11. The lowest BCUT2D eigenvalue weighted by molar-refractivity contribution is -0.388. The number of aryl methyl sites for hydroxylation is 1. The van der Waals surface area contributed by atoms with Gasteiger partial charge in [-0.1, -0.05) is 12.8 Å². The monoisotopic (exact) mass is 254 g/mol. The number of imidazole rings is 1. The van der Waals surface area contributed by atoms with Crippen LogP contribution in [0.15, 0.2) is 6.33 Å². The second kappa shape index (κ2) is 4.28. The summed E-state index contributed by atoms with van der Waals surface area (Å²) in [4.78, 5) is 25.2. The second-order valence-electron chi connectivity index (χ2n) is 4.50. The quantitative estimate of drug-likeness (QED) is 0.615. The molecule has 0 radical (unpaired) electrons. The SMILES string of the molecule is Cn1cnc([N+](=O)[O-])c1NC1(C(=O)O)CCCC1. The Morgan fingerprint density at radius 1 is 1.61 bits per heavy atom. The number of carbonyl (C=O) groups is 1. The van der Waals surface area contributed by atoms with Gasteiger partial charge in [0.05, 0.1) is 0 Å². The van der Waals surface area contributed by atoms with E-state index >= 15 is 0 Å². The van der Waals surface area contributed by atoms with E-state index in [-0.39, 0.29) is 11.6 Å². The van der Waals surface area contributed by atoms with Crippen LogP contribution in [-0.4, -0.2) is 31.1 Å². The minimum Gasteiger partial charge on any atom is -0.480 e. The molecule has 2 N–H and O–H groups in total. The van der Waals surface area contributed by atoms with E-state index in [0.29, 0.717) is 12.8 Å². The van der Waals surface area contributed by atoms with Gasteiger partial charge in [0.2, 0.25) is 12.1 Å². The molecule has 0 aliphatic heterocycles. The molecule has 1 heterocycles. The fourth-order valence-corrected chi connectivity index (χ4v) is 2.29. The minimum absolute atomic E-state index is 0.143. The number of carboxylic acids is 1.